The van der Waals surface area contributed by atoms with E-state index in [1.54, 1.807) is 0 Å². The van der Waals surface area contributed by atoms with Crippen molar-refractivity contribution in [1.82, 2.24) is 9.97 Å². The van der Waals surface area contributed by atoms with Crippen LogP contribution in [-0.2, 0) is 12.6 Å². The number of nitrogens with zero attached hydrogens (tertiary/aromatic N) is 2. The van der Waals surface area contributed by atoms with Gasteiger partial charge in [-0.15, -0.1) is 0 Å². The van der Waals surface area contributed by atoms with Gasteiger partial charge in [-0.3, -0.25) is 0 Å². The van der Waals surface area contributed by atoms with Gasteiger partial charge in [0.05, 0.1) is 11.3 Å². The topological polar surface area (TPSA) is 63.1 Å². The maximum absolute atomic E-state index is 12.2. The highest BCUT2D eigenvalue weighted by atomic mass is 19.4. The van der Waals surface area contributed by atoms with E-state index in [4.69, 9.17) is 5.11 Å². The van der Waals surface area contributed by atoms with Crippen molar-refractivity contribution in [1.29, 1.82) is 0 Å². The first-order chi connectivity index (χ1) is 6.86. The van der Waals surface area contributed by atoms with E-state index in [1.165, 1.54) is 6.92 Å². The highest BCUT2D eigenvalue weighted by Crippen LogP contribution is 2.26. The van der Waals surface area contributed by atoms with Gasteiger partial charge in [-0.1, -0.05) is 6.92 Å². The first kappa shape index (κ1) is 11.4. The fourth-order valence-electron chi connectivity index (χ4n) is 1.00. The third-order valence-corrected chi connectivity index (χ3v) is 1.69. The van der Waals surface area contributed by atoms with Gasteiger partial charge in [0.2, 0.25) is 5.82 Å². The van der Waals surface area contributed by atoms with E-state index in [-0.39, 0.29) is 17.7 Å². The normalized spacial score (nSPS) is 11.5. The van der Waals surface area contributed by atoms with Crippen LogP contribution in [0.25, 0.3) is 0 Å². The van der Waals surface area contributed by atoms with Crippen LogP contribution in [-0.4, -0.2) is 21.0 Å². The molecule has 1 heterocycles. The molecule has 0 saturated heterocycles. The lowest BCUT2D eigenvalue weighted by Gasteiger charge is -2.07. The number of hydrogen-bond donors (Lipinski definition) is 1. The van der Waals surface area contributed by atoms with Crippen LogP contribution in [0.2, 0.25) is 0 Å². The summed E-state index contributed by atoms with van der Waals surface area (Å²) in [6.07, 6.45) is -3.87. The Labute approximate surface area is 82.8 Å². The first-order valence-corrected chi connectivity index (χ1v) is 4.02. The predicted molar refractivity (Wildman–Crippen MR) is 43.4 cm³/mol. The molecular weight excluding hydrogens is 213 g/mol. The average molecular weight is 220 g/mol. The summed E-state index contributed by atoms with van der Waals surface area (Å²) in [5, 5.41) is 8.63. The molecule has 0 aliphatic heterocycles. The molecule has 0 aromatic carbocycles. The SMILES string of the molecule is CCc1nc(C(F)(F)F)ncc1C(=O)O. The number of carboxylic acid groups (broad SMARTS) is 1. The molecule has 4 nitrogen and oxygen atoms in total. The molecule has 0 radical (unpaired) electrons. The molecule has 1 aromatic heterocycles. The number of aromatic carboxylic acids is 1. The standard InChI is InChI=1S/C8H7F3N2O2/c1-2-5-4(6(14)15)3-12-7(13-5)8(9,10)11/h3H,2H2,1H3,(H,14,15). The van der Waals surface area contributed by atoms with Crippen LogP contribution in [0.15, 0.2) is 6.20 Å². The van der Waals surface area contributed by atoms with Gasteiger partial charge in [-0.05, 0) is 6.42 Å². The molecule has 0 aliphatic rings. The number of carbonyl (C=O) groups is 1. The number of hydrogen-bond acceptors (Lipinski definition) is 3. The molecule has 1 rings (SSSR count). The van der Waals surface area contributed by atoms with E-state index in [2.05, 4.69) is 9.97 Å². The van der Waals surface area contributed by atoms with Gasteiger partial charge in [0.1, 0.15) is 0 Å². The Kier molecular flexibility index (Phi) is 2.92. The van der Waals surface area contributed by atoms with Gasteiger partial charge in [0.15, 0.2) is 0 Å². The summed E-state index contributed by atoms with van der Waals surface area (Å²) in [5.74, 6) is -2.65. The van der Waals surface area contributed by atoms with Crippen molar-refractivity contribution in [2.24, 2.45) is 0 Å². The lowest BCUT2D eigenvalue weighted by molar-refractivity contribution is -0.145. The van der Waals surface area contributed by atoms with Crippen LogP contribution in [0, 0.1) is 0 Å². The largest absolute Gasteiger partial charge is 0.478 e. The van der Waals surface area contributed by atoms with Crippen molar-refractivity contribution >= 4 is 5.97 Å². The molecule has 0 saturated carbocycles. The Balaban J connectivity index is 3.25. The molecule has 0 spiro atoms. The van der Waals surface area contributed by atoms with Crippen molar-refractivity contribution in [2.45, 2.75) is 19.5 Å². The van der Waals surface area contributed by atoms with Crippen LogP contribution in [0.3, 0.4) is 0 Å². The van der Waals surface area contributed by atoms with Crippen LogP contribution in [0.1, 0.15) is 28.8 Å². The number of aromatic nitrogens is 2. The third kappa shape index (κ3) is 2.42. The molecule has 0 aliphatic carbocycles. The monoisotopic (exact) mass is 220 g/mol. The molecule has 82 valence electrons. The van der Waals surface area contributed by atoms with E-state index < -0.39 is 18.0 Å². The summed E-state index contributed by atoms with van der Waals surface area (Å²) in [6.45, 7) is 1.52. The molecule has 0 fully saturated rings. The van der Waals surface area contributed by atoms with Gasteiger partial charge in [-0.2, -0.15) is 13.2 Å². The maximum atomic E-state index is 12.2. The minimum absolute atomic E-state index is 0.104. The Morgan fingerprint density at radius 3 is 2.53 bits per heavy atom. The summed E-state index contributed by atoms with van der Waals surface area (Å²) in [7, 11) is 0. The number of alkyl halides is 3. The molecule has 0 bridgehead atoms. The number of rotatable bonds is 2. The van der Waals surface area contributed by atoms with E-state index in [0.717, 1.165) is 0 Å². The molecule has 15 heavy (non-hydrogen) atoms. The van der Waals surface area contributed by atoms with Gasteiger partial charge in [-0.25, -0.2) is 14.8 Å². The van der Waals surface area contributed by atoms with E-state index in [1.807, 2.05) is 0 Å². The number of aryl methyl sites for hydroxylation is 1. The summed E-state index contributed by atoms with van der Waals surface area (Å²) in [4.78, 5) is 16.7. The average Bonchev–Trinajstić information content (AvgIpc) is 2.15. The van der Waals surface area contributed by atoms with Gasteiger partial charge < -0.3 is 5.11 Å². The van der Waals surface area contributed by atoms with E-state index in [0.29, 0.717) is 6.20 Å². The second-order valence-corrected chi connectivity index (χ2v) is 2.71. The fourth-order valence-corrected chi connectivity index (χ4v) is 1.00. The zero-order valence-electron chi connectivity index (χ0n) is 7.67. The van der Waals surface area contributed by atoms with E-state index >= 15 is 0 Å². The van der Waals surface area contributed by atoms with Crippen LogP contribution in [0.5, 0.6) is 0 Å². The molecule has 0 unspecified atom stereocenters. The smallest absolute Gasteiger partial charge is 0.451 e. The molecule has 0 amide bonds. The quantitative estimate of drug-likeness (QED) is 0.824. The highest BCUT2D eigenvalue weighted by Gasteiger charge is 2.35. The van der Waals surface area contributed by atoms with E-state index in [9.17, 15) is 18.0 Å². The Bertz CT molecular complexity index is 390. The lowest BCUT2D eigenvalue weighted by Crippen LogP contribution is -2.15. The van der Waals surface area contributed by atoms with Crippen molar-refractivity contribution in [2.75, 3.05) is 0 Å². The maximum Gasteiger partial charge on any atom is 0.451 e. The van der Waals surface area contributed by atoms with Crippen molar-refractivity contribution in [3.63, 3.8) is 0 Å². The lowest BCUT2D eigenvalue weighted by atomic mass is 10.2. The fraction of sp³-hybridized carbons (Fsp3) is 0.375. The molecule has 1 aromatic rings. The summed E-state index contributed by atoms with van der Waals surface area (Å²) < 4.78 is 36.5. The molecule has 7 heteroatoms. The summed E-state index contributed by atoms with van der Waals surface area (Å²) in [6, 6.07) is 0. The molecule has 1 N–H and O–H groups in total. The second-order valence-electron chi connectivity index (χ2n) is 2.71. The Hall–Kier alpha value is -1.66. The third-order valence-electron chi connectivity index (χ3n) is 1.69. The second kappa shape index (κ2) is 3.84. The molecular formula is C8H7F3N2O2. The van der Waals surface area contributed by atoms with Crippen LogP contribution in [0.4, 0.5) is 13.2 Å². The van der Waals surface area contributed by atoms with Gasteiger partial charge >= 0.3 is 12.1 Å². The first-order valence-electron chi connectivity index (χ1n) is 4.02. The summed E-state index contributed by atoms with van der Waals surface area (Å²) >= 11 is 0. The Morgan fingerprint density at radius 2 is 2.13 bits per heavy atom. The predicted octanol–water partition coefficient (Wildman–Crippen LogP) is 1.76. The zero-order chi connectivity index (χ0) is 11.6. The number of carboxylic acids is 1. The minimum atomic E-state index is -4.65. The molecule has 0 atom stereocenters. The van der Waals surface area contributed by atoms with Crippen LogP contribution >= 0.6 is 0 Å². The Morgan fingerprint density at radius 1 is 1.53 bits per heavy atom. The zero-order valence-corrected chi connectivity index (χ0v) is 7.67. The van der Waals surface area contributed by atoms with Crippen molar-refractivity contribution in [3.05, 3.63) is 23.3 Å². The number of halogens is 3. The summed E-state index contributed by atoms with van der Waals surface area (Å²) in [5.41, 5.74) is -0.421. The van der Waals surface area contributed by atoms with Gasteiger partial charge in [0, 0.05) is 6.20 Å². The van der Waals surface area contributed by atoms with Crippen molar-refractivity contribution in [3.8, 4) is 0 Å². The van der Waals surface area contributed by atoms with Gasteiger partial charge in [0.25, 0.3) is 0 Å². The highest BCUT2D eigenvalue weighted by molar-refractivity contribution is 5.88. The minimum Gasteiger partial charge on any atom is -0.478 e. The van der Waals surface area contributed by atoms with Crippen LogP contribution < -0.4 is 0 Å². The van der Waals surface area contributed by atoms with Crippen molar-refractivity contribution < 1.29 is 23.1 Å².